The number of para-hydroxylation sites is 1. The topological polar surface area (TPSA) is 82.0 Å². The predicted molar refractivity (Wildman–Crippen MR) is 80.7 cm³/mol. The second-order valence-corrected chi connectivity index (χ2v) is 5.53. The minimum atomic E-state index is -0.452. The summed E-state index contributed by atoms with van der Waals surface area (Å²) in [6.07, 6.45) is 1.57. The molecule has 0 fully saturated rings. The van der Waals surface area contributed by atoms with Gasteiger partial charge in [0.2, 0.25) is 0 Å². The average Bonchev–Trinajstić information content (AvgIpc) is 2.96. The van der Waals surface area contributed by atoms with E-state index in [1.54, 1.807) is 18.2 Å². The summed E-state index contributed by atoms with van der Waals surface area (Å²) in [7, 11) is 0. The van der Waals surface area contributed by atoms with Crippen molar-refractivity contribution in [3.8, 4) is 11.3 Å². The van der Waals surface area contributed by atoms with Crippen LogP contribution in [-0.4, -0.2) is 9.91 Å². The van der Waals surface area contributed by atoms with Gasteiger partial charge in [-0.3, -0.25) is 10.1 Å². The number of hydrogen-bond donors (Lipinski definition) is 1. The van der Waals surface area contributed by atoms with Gasteiger partial charge in [0.1, 0.15) is 5.01 Å². The standard InChI is InChI=1S/C14H17N3O2S/c1-3-14(15,4-2)13-16-11(9-20-13)10-7-5-6-8-12(10)17(18)19/h5-9H,3-4,15H2,1-2H3. The third-order valence-corrected chi connectivity index (χ3v) is 4.63. The SMILES string of the molecule is CCC(N)(CC)c1nc(-c2ccccc2[N+](=O)[O-])cs1. The zero-order valence-electron chi connectivity index (χ0n) is 11.5. The number of nitrogens with two attached hydrogens (primary N) is 1. The summed E-state index contributed by atoms with van der Waals surface area (Å²) in [4.78, 5) is 15.2. The number of nitro groups is 1. The number of aromatic nitrogens is 1. The molecule has 0 saturated heterocycles. The van der Waals surface area contributed by atoms with Gasteiger partial charge in [0.15, 0.2) is 0 Å². The number of nitrogens with zero attached hydrogens (tertiary/aromatic N) is 2. The third-order valence-electron chi connectivity index (χ3n) is 3.57. The van der Waals surface area contributed by atoms with Crippen LogP contribution < -0.4 is 5.73 Å². The molecular formula is C14H17N3O2S. The summed E-state index contributed by atoms with van der Waals surface area (Å²) < 4.78 is 0. The van der Waals surface area contributed by atoms with E-state index in [1.165, 1.54) is 17.4 Å². The minimum absolute atomic E-state index is 0.0694. The maximum Gasteiger partial charge on any atom is 0.278 e. The van der Waals surface area contributed by atoms with Crippen LogP contribution in [-0.2, 0) is 5.54 Å². The van der Waals surface area contributed by atoms with Crippen molar-refractivity contribution in [3.63, 3.8) is 0 Å². The lowest BCUT2D eigenvalue weighted by Crippen LogP contribution is -2.34. The molecular weight excluding hydrogens is 274 g/mol. The Hall–Kier alpha value is -1.79. The second kappa shape index (κ2) is 5.68. The number of thiazole rings is 1. The molecule has 0 atom stereocenters. The molecule has 6 heteroatoms. The molecule has 2 aromatic rings. The van der Waals surface area contributed by atoms with Crippen molar-refractivity contribution in [3.05, 3.63) is 44.8 Å². The summed E-state index contributed by atoms with van der Waals surface area (Å²) in [5.74, 6) is 0. The normalized spacial score (nSPS) is 11.6. The Morgan fingerprint density at radius 1 is 1.35 bits per heavy atom. The molecule has 0 spiro atoms. The largest absolute Gasteiger partial charge is 0.319 e. The zero-order chi connectivity index (χ0) is 14.8. The van der Waals surface area contributed by atoms with Gasteiger partial charge in [0.05, 0.1) is 21.7 Å². The zero-order valence-corrected chi connectivity index (χ0v) is 12.3. The minimum Gasteiger partial charge on any atom is -0.319 e. The summed E-state index contributed by atoms with van der Waals surface area (Å²) >= 11 is 1.46. The summed E-state index contributed by atoms with van der Waals surface area (Å²) in [6, 6.07) is 6.63. The molecule has 0 amide bonds. The van der Waals surface area contributed by atoms with Gasteiger partial charge in [-0.1, -0.05) is 26.0 Å². The molecule has 0 aliphatic heterocycles. The maximum absolute atomic E-state index is 11.1. The Morgan fingerprint density at radius 3 is 2.60 bits per heavy atom. The first-order valence-electron chi connectivity index (χ1n) is 6.50. The van der Waals surface area contributed by atoms with Gasteiger partial charge in [-0.25, -0.2) is 4.98 Å². The number of benzene rings is 1. The molecule has 0 unspecified atom stereocenters. The maximum atomic E-state index is 11.1. The van der Waals surface area contributed by atoms with E-state index < -0.39 is 5.54 Å². The molecule has 1 aromatic carbocycles. The highest BCUT2D eigenvalue weighted by Gasteiger charge is 2.27. The van der Waals surface area contributed by atoms with Crippen LogP contribution in [0.1, 0.15) is 31.7 Å². The summed E-state index contributed by atoms with van der Waals surface area (Å²) in [6.45, 7) is 4.05. The number of rotatable bonds is 5. The van der Waals surface area contributed by atoms with Crippen LogP contribution in [0.15, 0.2) is 29.6 Å². The molecule has 0 saturated carbocycles. The van der Waals surface area contributed by atoms with E-state index >= 15 is 0 Å². The highest BCUT2D eigenvalue weighted by Crippen LogP contribution is 2.34. The van der Waals surface area contributed by atoms with Crippen LogP contribution in [0.5, 0.6) is 0 Å². The van der Waals surface area contributed by atoms with Crippen LogP contribution in [0, 0.1) is 10.1 Å². The molecule has 106 valence electrons. The Bertz CT molecular complexity index is 620. The predicted octanol–water partition coefficient (Wildman–Crippen LogP) is 3.69. The smallest absolute Gasteiger partial charge is 0.278 e. The highest BCUT2D eigenvalue weighted by atomic mass is 32.1. The van der Waals surface area contributed by atoms with Crippen molar-refractivity contribution in [1.29, 1.82) is 0 Å². The van der Waals surface area contributed by atoms with E-state index in [9.17, 15) is 10.1 Å². The van der Waals surface area contributed by atoms with Crippen LogP contribution in [0.3, 0.4) is 0 Å². The van der Waals surface area contributed by atoms with E-state index in [2.05, 4.69) is 4.98 Å². The molecule has 0 radical (unpaired) electrons. The van der Waals surface area contributed by atoms with Crippen LogP contribution >= 0.6 is 11.3 Å². The van der Waals surface area contributed by atoms with E-state index in [1.807, 2.05) is 19.2 Å². The quantitative estimate of drug-likeness (QED) is 0.672. The molecule has 0 aliphatic rings. The van der Waals surface area contributed by atoms with E-state index in [0.717, 1.165) is 17.8 Å². The van der Waals surface area contributed by atoms with Crippen LogP contribution in [0.4, 0.5) is 5.69 Å². The first-order chi connectivity index (χ1) is 9.51. The molecule has 1 heterocycles. The fraction of sp³-hybridized carbons (Fsp3) is 0.357. The van der Waals surface area contributed by atoms with E-state index in [4.69, 9.17) is 5.73 Å². The third kappa shape index (κ3) is 2.57. The molecule has 20 heavy (non-hydrogen) atoms. The fourth-order valence-electron chi connectivity index (χ4n) is 2.03. The van der Waals surface area contributed by atoms with Gasteiger partial charge in [-0.2, -0.15) is 0 Å². The monoisotopic (exact) mass is 291 g/mol. The van der Waals surface area contributed by atoms with Crippen molar-refractivity contribution in [2.75, 3.05) is 0 Å². The lowest BCUT2D eigenvalue weighted by molar-refractivity contribution is -0.384. The van der Waals surface area contributed by atoms with Gasteiger partial charge in [-0.15, -0.1) is 11.3 Å². The van der Waals surface area contributed by atoms with Gasteiger partial charge in [0, 0.05) is 11.4 Å². The van der Waals surface area contributed by atoms with Gasteiger partial charge in [0.25, 0.3) is 5.69 Å². The van der Waals surface area contributed by atoms with E-state index in [0.29, 0.717) is 11.3 Å². The lowest BCUT2D eigenvalue weighted by Gasteiger charge is -2.23. The van der Waals surface area contributed by atoms with Gasteiger partial charge in [-0.05, 0) is 18.9 Å². The summed E-state index contributed by atoms with van der Waals surface area (Å²) in [5, 5.41) is 13.7. The lowest BCUT2D eigenvalue weighted by atomic mass is 9.95. The van der Waals surface area contributed by atoms with Crippen LogP contribution in [0.2, 0.25) is 0 Å². The Morgan fingerprint density at radius 2 is 2.00 bits per heavy atom. The molecule has 2 N–H and O–H groups in total. The van der Waals surface area contributed by atoms with Crippen molar-refractivity contribution < 1.29 is 4.92 Å². The van der Waals surface area contributed by atoms with Crippen LogP contribution in [0.25, 0.3) is 11.3 Å². The average molecular weight is 291 g/mol. The first kappa shape index (κ1) is 14.6. The van der Waals surface area contributed by atoms with Crippen molar-refractivity contribution in [1.82, 2.24) is 4.98 Å². The molecule has 2 rings (SSSR count). The van der Waals surface area contributed by atoms with E-state index in [-0.39, 0.29) is 10.6 Å². The molecule has 5 nitrogen and oxygen atoms in total. The Labute approximate surface area is 121 Å². The molecule has 0 bridgehead atoms. The van der Waals surface area contributed by atoms with Crippen molar-refractivity contribution >= 4 is 17.0 Å². The Balaban J connectivity index is 2.47. The number of nitro benzene ring substituents is 1. The van der Waals surface area contributed by atoms with Crippen molar-refractivity contribution in [2.24, 2.45) is 5.73 Å². The molecule has 0 aliphatic carbocycles. The van der Waals surface area contributed by atoms with Gasteiger partial charge >= 0.3 is 0 Å². The Kier molecular flexibility index (Phi) is 4.15. The molecule has 1 aromatic heterocycles. The first-order valence-corrected chi connectivity index (χ1v) is 7.38. The summed E-state index contributed by atoms with van der Waals surface area (Å²) in [5.41, 5.74) is 7.09. The van der Waals surface area contributed by atoms with Gasteiger partial charge < -0.3 is 5.73 Å². The fourth-order valence-corrected chi connectivity index (χ4v) is 3.11. The second-order valence-electron chi connectivity index (χ2n) is 4.68. The highest BCUT2D eigenvalue weighted by molar-refractivity contribution is 7.10. The number of hydrogen-bond acceptors (Lipinski definition) is 5. The van der Waals surface area contributed by atoms with Crippen molar-refractivity contribution in [2.45, 2.75) is 32.2 Å².